The normalized spacial score (nSPS) is 12.2. The number of aromatic nitrogens is 2. The maximum absolute atomic E-state index is 10.0. The molecule has 4 rings (SSSR count). The Kier molecular flexibility index (Phi) is 3.16. The first-order chi connectivity index (χ1) is 11.1. The molecule has 1 aromatic heterocycles. The molecular formula is C18H14N2O2S. The van der Waals surface area contributed by atoms with E-state index in [1.54, 1.807) is 18.2 Å². The van der Waals surface area contributed by atoms with Gasteiger partial charge in [0, 0.05) is 6.42 Å². The molecule has 0 amide bonds. The third-order valence-electron chi connectivity index (χ3n) is 4.00. The Hall–Kier alpha value is -2.66. The van der Waals surface area contributed by atoms with Crippen LogP contribution < -0.4 is 4.74 Å². The molecule has 23 heavy (non-hydrogen) atoms. The van der Waals surface area contributed by atoms with Gasteiger partial charge in [-0.15, -0.1) is 0 Å². The van der Waals surface area contributed by atoms with Crippen LogP contribution in [0.3, 0.4) is 0 Å². The Balaban J connectivity index is 1.87. The zero-order chi connectivity index (χ0) is 16.0. The largest absolute Gasteiger partial charge is 0.507 e. The number of rotatable bonds is 1. The van der Waals surface area contributed by atoms with Crippen LogP contribution in [0.4, 0.5) is 0 Å². The molecule has 1 aliphatic rings. The lowest BCUT2D eigenvalue weighted by atomic mass is 10.0. The van der Waals surface area contributed by atoms with E-state index in [-0.39, 0.29) is 5.75 Å². The molecule has 0 radical (unpaired) electrons. The molecule has 3 aromatic rings. The molecule has 2 N–H and O–H groups in total. The molecule has 0 spiro atoms. The Morgan fingerprint density at radius 1 is 1.17 bits per heavy atom. The number of aromatic amines is 1. The van der Waals surface area contributed by atoms with Crippen molar-refractivity contribution in [2.75, 3.05) is 0 Å². The Morgan fingerprint density at radius 2 is 2.00 bits per heavy atom. The molecule has 0 saturated heterocycles. The highest BCUT2D eigenvalue weighted by Gasteiger charge is 2.22. The summed E-state index contributed by atoms with van der Waals surface area (Å²) in [5.74, 6) is 2.12. The second-order valence-electron chi connectivity index (χ2n) is 5.56. The minimum atomic E-state index is 0.151. The van der Waals surface area contributed by atoms with Crippen LogP contribution in [-0.2, 0) is 6.42 Å². The van der Waals surface area contributed by atoms with Crippen LogP contribution in [0, 0.1) is 11.6 Å². The number of nitrogens with zero attached hydrogens (tertiary/aromatic N) is 1. The highest BCUT2D eigenvalue weighted by atomic mass is 32.1. The number of aryl methyl sites for hydroxylation is 1. The molecule has 1 aliphatic heterocycles. The SMILES string of the molecule is Cc1cccc2c1Oc1[nH]c(-c3ccccc3O)nc(=S)c1C2. The fourth-order valence-corrected chi connectivity index (χ4v) is 3.07. The summed E-state index contributed by atoms with van der Waals surface area (Å²) in [6.45, 7) is 2.02. The maximum atomic E-state index is 10.0. The lowest BCUT2D eigenvalue weighted by Gasteiger charge is -2.22. The standard InChI is InChI=1S/C18H14N2O2S/c1-10-5-4-6-11-9-13-17(22-15(10)11)19-16(20-18(13)23)12-7-2-3-8-14(12)21/h2-8,21H,9H2,1H3,(H,19,20,23). The van der Waals surface area contributed by atoms with E-state index in [2.05, 4.69) is 9.97 Å². The van der Waals surface area contributed by atoms with Crippen LogP contribution in [0.25, 0.3) is 11.4 Å². The van der Waals surface area contributed by atoms with E-state index in [9.17, 15) is 5.11 Å². The number of hydrogen-bond acceptors (Lipinski definition) is 4. The minimum absolute atomic E-state index is 0.151. The van der Waals surface area contributed by atoms with Crippen molar-refractivity contribution in [3.63, 3.8) is 0 Å². The van der Waals surface area contributed by atoms with Gasteiger partial charge in [0.15, 0.2) is 0 Å². The molecule has 4 nitrogen and oxygen atoms in total. The number of benzene rings is 2. The quantitative estimate of drug-likeness (QED) is 0.506. The summed E-state index contributed by atoms with van der Waals surface area (Å²) in [5, 5.41) is 10.0. The summed E-state index contributed by atoms with van der Waals surface area (Å²) in [6.07, 6.45) is 0.690. The van der Waals surface area contributed by atoms with Crippen molar-refractivity contribution in [1.82, 2.24) is 9.97 Å². The van der Waals surface area contributed by atoms with Gasteiger partial charge in [-0.25, -0.2) is 4.98 Å². The molecule has 5 heteroatoms. The number of ether oxygens (including phenoxy) is 1. The lowest BCUT2D eigenvalue weighted by Crippen LogP contribution is -2.08. The Labute approximate surface area is 138 Å². The zero-order valence-electron chi connectivity index (χ0n) is 12.5. The summed E-state index contributed by atoms with van der Waals surface area (Å²) >= 11 is 5.44. The van der Waals surface area contributed by atoms with E-state index in [0.29, 0.717) is 28.3 Å². The molecule has 2 heterocycles. The zero-order valence-corrected chi connectivity index (χ0v) is 13.3. The number of fused-ring (bicyclic) bond motifs is 2. The van der Waals surface area contributed by atoms with E-state index in [4.69, 9.17) is 17.0 Å². The molecule has 0 atom stereocenters. The fourth-order valence-electron chi connectivity index (χ4n) is 2.81. The number of phenols is 1. The third kappa shape index (κ3) is 2.29. The van der Waals surface area contributed by atoms with Crippen LogP contribution in [-0.4, -0.2) is 15.1 Å². The summed E-state index contributed by atoms with van der Waals surface area (Å²) in [4.78, 5) is 7.60. The maximum Gasteiger partial charge on any atom is 0.205 e. The second kappa shape index (κ2) is 5.21. The number of para-hydroxylation sites is 2. The number of aromatic hydroxyl groups is 1. The molecular weight excluding hydrogens is 308 g/mol. The van der Waals surface area contributed by atoms with Gasteiger partial charge in [-0.1, -0.05) is 42.5 Å². The van der Waals surface area contributed by atoms with Gasteiger partial charge < -0.3 is 14.8 Å². The highest BCUT2D eigenvalue weighted by molar-refractivity contribution is 7.71. The average molecular weight is 322 g/mol. The average Bonchev–Trinajstić information content (AvgIpc) is 2.54. The van der Waals surface area contributed by atoms with Crippen molar-refractivity contribution in [1.29, 1.82) is 0 Å². The number of H-pyrrole nitrogens is 1. The van der Waals surface area contributed by atoms with Crippen molar-refractivity contribution in [3.05, 3.63) is 63.8 Å². The van der Waals surface area contributed by atoms with Gasteiger partial charge in [-0.2, -0.15) is 0 Å². The predicted molar refractivity (Wildman–Crippen MR) is 90.6 cm³/mol. The number of hydrogen-bond donors (Lipinski definition) is 2. The Morgan fingerprint density at radius 3 is 2.83 bits per heavy atom. The smallest absolute Gasteiger partial charge is 0.205 e. The first-order valence-corrected chi connectivity index (χ1v) is 7.72. The van der Waals surface area contributed by atoms with E-state index in [1.807, 2.05) is 31.2 Å². The number of nitrogens with one attached hydrogen (secondary N) is 1. The van der Waals surface area contributed by atoms with Crippen LogP contribution in [0.15, 0.2) is 42.5 Å². The molecule has 0 unspecified atom stereocenters. The summed E-state index contributed by atoms with van der Waals surface area (Å²) in [5.41, 5.74) is 3.65. The fraction of sp³-hybridized carbons (Fsp3) is 0.111. The van der Waals surface area contributed by atoms with Crippen molar-refractivity contribution < 1.29 is 9.84 Å². The van der Waals surface area contributed by atoms with Crippen LogP contribution in [0.2, 0.25) is 0 Å². The van der Waals surface area contributed by atoms with Crippen molar-refractivity contribution >= 4 is 12.2 Å². The van der Waals surface area contributed by atoms with Gasteiger partial charge in [0.2, 0.25) is 5.88 Å². The van der Waals surface area contributed by atoms with Crippen molar-refractivity contribution in [3.8, 4) is 28.8 Å². The molecule has 0 saturated carbocycles. The topological polar surface area (TPSA) is 58.1 Å². The first-order valence-electron chi connectivity index (χ1n) is 7.31. The summed E-state index contributed by atoms with van der Waals surface area (Å²) < 4.78 is 6.54. The predicted octanol–water partition coefficient (Wildman–Crippen LogP) is 4.52. The molecule has 0 bridgehead atoms. The highest BCUT2D eigenvalue weighted by Crippen LogP contribution is 2.39. The summed E-state index contributed by atoms with van der Waals surface area (Å²) in [6, 6.07) is 13.1. The van der Waals surface area contributed by atoms with Crippen molar-refractivity contribution in [2.24, 2.45) is 0 Å². The van der Waals surface area contributed by atoms with Gasteiger partial charge in [0.05, 0.1) is 11.1 Å². The van der Waals surface area contributed by atoms with Crippen LogP contribution in [0.5, 0.6) is 17.4 Å². The summed E-state index contributed by atoms with van der Waals surface area (Å²) in [7, 11) is 0. The molecule has 114 valence electrons. The second-order valence-corrected chi connectivity index (χ2v) is 5.94. The monoisotopic (exact) mass is 322 g/mol. The van der Waals surface area contributed by atoms with Crippen LogP contribution >= 0.6 is 12.2 Å². The first kappa shape index (κ1) is 14.0. The molecule has 0 aliphatic carbocycles. The van der Waals surface area contributed by atoms with Crippen molar-refractivity contribution in [2.45, 2.75) is 13.3 Å². The Bertz CT molecular complexity index is 979. The van der Waals surface area contributed by atoms with E-state index in [0.717, 1.165) is 22.4 Å². The van der Waals surface area contributed by atoms with E-state index < -0.39 is 0 Å². The van der Waals surface area contributed by atoms with Gasteiger partial charge >= 0.3 is 0 Å². The molecule has 0 fully saturated rings. The number of phenolic OH excluding ortho intramolecular Hbond substituents is 1. The third-order valence-corrected chi connectivity index (χ3v) is 4.34. The minimum Gasteiger partial charge on any atom is -0.507 e. The van der Waals surface area contributed by atoms with Gasteiger partial charge in [0.25, 0.3) is 0 Å². The van der Waals surface area contributed by atoms with E-state index in [1.165, 1.54) is 0 Å². The van der Waals surface area contributed by atoms with Gasteiger partial charge in [0.1, 0.15) is 22.0 Å². The van der Waals surface area contributed by atoms with Crippen LogP contribution in [0.1, 0.15) is 16.7 Å². The molecule has 2 aromatic carbocycles. The van der Waals surface area contributed by atoms with Gasteiger partial charge in [-0.05, 0) is 30.2 Å². The lowest BCUT2D eigenvalue weighted by molar-refractivity contribution is 0.435. The van der Waals surface area contributed by atoms with E-state index >= 15 is 0 Å². The van der Waals surface area contributed by atoms with Gasteiger partial charge in [-0.3, -0.25) is 0 Å².